The molecule has 196 valence electrons. The molecule has 0 fully saturated rings. The number of hydrogen-bond donors (Lipinski definition) is 1. The molecule has 40 heavy (non-hydrogen) atoms. The predicted molar refractivity (Wildman–Crippen MR) is 169 cm³/mol. The number of allylic oxidation sites excluding steroid dienone is 2. The second-order valence-corrected chi connectivity index (χ2v) is 11.2. The van der Waals surface area contributed by atoms with Crippen molar-refractivity contribution < 1.29 is 9.05 Å². The number of benzene rings is 5. The summed E-state index contributed by atoms with van der Waals surface area (Å²) in [5, 5.41) is 8.88. The van der Waals surface area contributed by atoms with Crippen LogP contribution in [0.5, 0.6) is 11.5 Å². The van der Waals surface area contributed by atoms with Crippen molar-refractivity contribution in [2.75, 3.05) is 5.32 Å². The van der Waals surface area contributed by atoms with Crippen molar-refractivity contribution in [2.45, 2.75) is 12.8 Å². The van der Waals surface area contributed by atoms with Crippen LogP contribution in [-0.4, -0.2) is 0 Å². The first kappa shape index (κ1) is 25.2. The smallest absolute Gasteiger partial charge is 0.275 e. The van der Waals surface area contributed by atoms with Crippen molar-refractivity contribution in [2.24, 2.45) is 0 Å². The first-order chi connectivity index (χ1) is 19.7. The molecule has 0 bridgehead atoms. The van der Waals surface area contributed by atoms with Crippen molar-refractivity contribution in [3.63, 3.8) is 0 Å². The van der Waals surface area contributed by atoms with Gasteiger partial charge in [-0.25, -0.2) is 0 Å². The lowest BCUT2D eigenvalue weighted by atomic mass is 9.91. The Hall–Kier alpha value is -3.75. The third-order valence-electron chi connectivity index (χ3n) is 7.38. The fourth-order valence-corrected chi connectivity index (χ4v) is 6.76. The zero-order valence-electron chi connectivity index (χ0n) is 21.4. The van der Waals surface area contributed by atoms with Gasteiger partial charge in [-0.15, -0.1) is 0 Å². The highest BCUT2D eigenvalue weighted by molar-refractivity contribution is 7.27. The van der Waals surface area contributed by atoms with E-state index in [0.29, 0.717) is 21.5 Å². The molecule has 3 nitrogen and oxygen atoms in total. The Morgan fingerprint density at radius 2 is 1.57 bits per heavy atom. The van der Waals surface area contributed by atoms with Crippen molar-refractivity contribution >= 4 is 66.5 Å². The molecule has 1 heterocycles. The second kappa shape index (κ2) is 10.7. The van der Waals surface area contributed by atoms with Crippen molar-refractivity contribution in [1.29, 1.82) is 0 Å². The molecule has 1 N–H and O–H groups in total. The van der Waals surface area contributed by atoms with Gasteiger partial charge in [0.15, 0.2) is 11.5 Å². The fourth-order valence-electron chi connectivity index (χ4n) is 5.50. The van der Waals surface area contributed by atoms with Crippen LogP contribution in [0, 0.1) is 0 Å². The summed E-state index contributed by atoms with van der Waals surface area (Å²) in [7, 11) is -0.286. The van der Waals surface area contributed by atoms with Gasteiger partial charge >= 0.3 is 0 Å². The number of hydrogen-bond acceptors (Lipinski definition) is 3. The van der Waals surface area contributed by atoms with Gasteiger partial charge in [-0.05, 0) is 70.5 Å². The molecule has 1 aliphatic carbocycles. The average Bonchev–Trinajstić information content (AvgIpc) is 2.97. The number of fused-ring (bicyclic) bond motifs is 6. The van der Waals surface area contributed by atoms with E-state index in [1.165, 1.54) is 11.1 Å². The van der Waals surface area contributed by atoms with Crippen molar-refractivity contribution in [3.8, 4) is 11.5 Å². The van der Waals surface area contributed by atoms with Gasteiger partial charge in [0.1, 0.15) is 0 Å². The van der Waals surface area contributed by atoms with Crippen LogP contribution in [0.1, 0.15) is 22.3 Å². The van der Waals surface area contributed by atoms with E-state index in [1.807, 2.05) is 54.6 Å². The number of rotatable bonds is 4. The maximum Gasteiger partial charge on any atom is 0.275 e. The van der Waals surface area contributed by atoms with Crippen LogP contribution in [0.4, 0.5) is 11.4 Å². The molecular formula is C34H24Cl2NO2P. The molecule has 0 amide bonds. The summed E-state index contributed by atoms with van der Waals surface area (Å²) in [4.78, 5) is 0. The van der Waals surface area contributed by atoms with Gasteiger partial charge in [0, 0.05) is 26.9 Å². The van der Waals surface area contributed by atoms with Crippen molar-refractivity contribution in [3.05, 3.63) is 140 Å². The van der Waals surface area contributed by atoms with Crippen LogP contribution in [0.15, 0.2) is 97.1 Å². The minimum Gasteiger partial charge on any atom is -0.438 e. The highest BCUT2D eigenvalue weighted by Crippen LogP contribution is 2.44. The summed E-state index contributed by atoms with van der Waals surface area (Å²) in [6, 6.07) is 28.5. The summed E-state index contributed by atoms with van der Waals surface area (Å²) in [6.45, 7) is 0. The highest BCUT2D eigenvalue weighted by atomic mass is 35.5. The lowest BCUT2D eigenvalue weighted by molar-refractivity contribution is 0.511. The van der Waals surface area contributed by atoms with Crippen LogP contribution >= 0.6 is 32.2 Å². The molecule has 0 saturated carbocycles. The Morgan fingerprint density at radius 3 is 2.40 bits per heavy atom. The largest absolute Gasteiger partial charge is 0.438 e. The topological polar surface area (TPSA) is 30.5 Å². The van der Waals surface area contributed by atoms with E-state index >= 15 is 0 Å². The third kappa shape index (κ3) is 4.55. The minimum absolute atomic E-state index is 0.286. The first-order valence-corrected chi connectivity index (χ1v) is 14.7. The summed E-state index contributed by atoms with van der Waals surface area (Å²) < 4.78 is 12.7. The zero-order valence-corrected chi connectivity index (χ0v) is 23.9. The van der Waals surface area contributed by atoms with E-state index in [1.54, 1.807) is 0 Å². The van der Waals surface area contributed by atoms with E-state index in [2.05, 4.69) is 60.0 Å². The van der Waals surface area contributed by atoms with Crippen LogP contribution in [0.25, 0.3) is 22.9 Å². The monoisotopic (exact) mass is 579 g/mol. The molecule has 0 saturated heterocycles. The molecule has 7 rings (SSSR count). The first-order valence-electron chi connectivity index (χ1n) is 13.1. The van der Waals surface area contributed by atoms with Gasteiger partial charge in [-0.1, -0.05) is 102 Å². The molecular weight excluding hydrogens is 556 g/mol. The van der Waals surface area contributed by atoms with E-state index in [4.69, 9.17) is 32.2 Å². The lowest BCUT2D eigenvalue weighted by Gasteiger charge is -2.23. The van der Waals surface area contributed by atoms with Gasteiger partial charge in [-0.2, -0.15) is 0 Å². The summed E-state index contributed by atoms with van der Waals surface area (Å²) in [5.74, 6) is 1.37. The number of halogens is 2. The number of para-hydroxylation sites is 1. The van der Waals surface area contributed by atoms with Crippen LogP contribution in [0.2, 0.25) is 10.0 Å². The molecule has 0 spiro atoms. The van der Waals surface area contributed by atoms with Gasteiger partial charge in [0.05, 0.1) is 10.7 Å². The fraction of sp³-hybridized carbons (Fsp3) is 0.0588. The van der Waals surface area contributed by atoms with Gasteiger partial charge in [0.2, 0.25) is 0 Å². The molecule has 0 radical (unpaired) electrons. The highest BCUT2D eigenvalue weighted by Gasteiger charge is 2.23. The van der Waals surface area contributed by atoms with Crippen molar-refractivity contribution in [1.82, 2.24) is 0 Å². The summed E-state index contributed by atoms with van der Waals surface area (Å²) >= 11 is 13.9. The SMILES string of the molecule is Clc1c(Cc2ccccc2)c2c(/c3c1OPOc1c(Nc4ccccc4)cc4c(Cl)cccc4c1\C=3)=CC=CC2. The quantitative estimate of drug-likeness (QED) is 0.216. The zero-order chi connectivity index (χ0) is 27.1. The Balaban J connectivity index is 1.52. The molecule has 1 unspecified atom stereocenters. The van der Waals surface area contributed by atoms with E-state index in [9.17, 15) is 0 Å². The molecule has 6 heteroatoms. The predicted octanol–water partition coefficient (Wildman–Crippen LogP) is 8.48. The standard InChI is InChI=1S/C34H24Cl2NO2P/c35-30-17-9-16-25-26(30)20-31(37-22-12-5-2-6-13-22)33-28(25)19-29-24-15-8-7-14-23(24)27(18-21-10-3-1-4-11-21)32(36)34(29)39-40-38-33/h1-13,15-17,19-20,37,40H,14,18H2/b29-19-. The van der Waals surface area contributed by atoms with E-state index in [-0.39, 0.29) is 9.03 Å². The van der Waals surface area contributed by atoms with Gasteiger partial charge in [-0.3, -0.25) is 0 Å². The molecule has 5 aromatic rings. The maximum atomic E-state index is 7.18. The summed E-state index contributed by atoms with van der Waals surface area (Å²) in [6.07, 6.45) is 10.1. The molecule has 5 aromatic carbocycles. The Morgan fingerprint density at radius 1 is 0.800 bits per heavy atom. The third-order valence-corrected chi connectivity index (χ3v) is 8.69. The Bertz CT molecular complexity index is 1920. The average molecular weight is 580 g/mol. The second-order valence-electron chi connectivity index (χ2n) is 9.81. The Kier molecular flexibility index (Phi) is 6.73. The number of nitrogens with one attached hydrogen (secondary N) is 1. The lowest BCUT2D eigenvalue weighted by Crippen LogP contribution is -2.33. The van der Waals surface area contributed by atoms with Gasteiger partial charge in [0.25, 0.3) is 9.03 Å². The van der Waals surface area contributed by atoms with E-state index in [0.717, 1.165) is 56.6 Å². The molecule has 1 aliphatic heterocycles. The van der Waals surface area contributed by atoms with Crippen LogP contribution < -0.4 is 24.8 Å². The van der Waals surface area contributed by atoms with Crippen LogP contribution in [-0.2, 0) is 12.8 Å². The van der Waals surface area contributed by atoms with Gasteiger partial charge < -0.3 is 14.4 Å². The molecule has 0 aromatic heterocycles. The Labute approximate surface area is 244 Å². The molecule has 2 aliphatic rings. The normalized spacial score (nSPS) is 14.8. The number of anilines is 2. The molecule has 1 atom stereocenters. The summed E-state index contributed by atoms with van der Waals surface area (Å²) in [5.41, 5.74) is 6.23. The van der Waals surface area contributed by atoms with Crippen LogP contribution in [0.3, 0.4) is 0 Å². The van der Waals surface area contributed by atoms with E-state index < -0.39 is 0 Å². The minimum atomic E-state index is -0.286. The maximum absolute atomic E-state index is 7.18.